The second-order valence-corrected chi connectivity index (χ2v) is 6.23. The number of pyridine rings is 1. The van der Waals surface area contributed by atoms with Gasteiger partial charge >= 0.3 is 5.97 Å². The van der Waals surface area contributed by atoms with Gasteiger partial charge in [-0.25, -0.2) is 9.78 Å². The third kappa shape index (κ3) is 2.87. The largest absolute Gasteiger partial charge is 0.480 e. The molecule has 0 spiro atoms. The van der Waals surface area contributed by atoms with Gasteiger partial charge < -0.3 is 10.0 Å². The van der Waals surface area contributed by atoms with Crippen LogP contribution in [0.4, 0.5) is 0 Å². The maximum atomic E-state index is 12.5. The lowest BCUT2D eigenvalue weighted by Crippen LogP contribution is -2.45. The van der Waals surface area contributed by atoms with E-state index in [-0.39, 0.29) is 21.2 Å². The molecule has 2 heterocycles. The lowest BCUT2D eigenvalue weighted by molar-refractivity contribution is -0.141. The summed E-state index contributed by atoms with van der Waals surface area (Å²) in [4.78, 5) is 29.1. The number of carbonyl (C=O) groups excluding carboxylic acids is 1. The van der Waals surface area contributed by atoms with E-state index >= 15 is 0 Å². The summed E-state index contributed by atoms with van der Waals surface area (Å²) in [5.74, 6) is -1.17. The molecule has 1 aliphatic heterocycles. The lowest BCUT2D eigenvalue weighted by atomic mass is 10.2. The molecule has 1 amide bonds. The van der Waals surface area contributed by atoms with Crippen molar-refractivity contribution in [3.63, 3.8) is 0 Å². The van der Waals surface area contributed by atoms with Crippen LogP contribution in [0, 0.1) is 0 Å². The number of carboxylic acids is 1. The first-order valence-electron chi connectivity index (χ1n) is 5.94. The molecule has 8 heteroatoms. The van der Waals surface area contributed by atoms with Crippen LogP contribution >= 0.6 is 35.0 Å². The van der Waals surface area contributed by atoms with Crippen molar-refractivity contribution in [2.75, 3.05) is 5.75 Å². The van der Waals surface area contributed by atoms with Gasteiger partial charge in [-0.3, -0.25) is 4.79 Å². The monoisotopic (exact) mass is 334 g/mol. The van der Waals surface area contributed by atoms with Crippen molar-refractivity contribution in [2.24, 2.45) is 0 Å². The predicted octanol–water partition coefficient (Wildman–Crippen LogP) is 2.77. The predicted molar refractivity (Wildman–Crippen MR) is 78.4 cm³/mol. The number of carboxylic acid groups (broad SMARTS) is 1. The van der Waals surface area contributed by atoms with Crippen molar-refractivity contribution >= 4 is 46.8 Å². The van der Waals surface area contributed by atoms with Crippen LogP contribution in [0.2, 0.25) is 10.2 Å². The number of aromatic nitrogens is 1. The molecule has 0 radical (unpaired) electrons. The van der Waals surface area contributed by atoms with E-state index in [1.807, 2.05) is 6.92 Å². The first-order valence-corrected chi connectivity index (χ1v) is 7.75. The van der Waals surface area contributed by atoms with Gasteiger partial charge in [-0.05, 0) is 18.6 Å². The van der Waals surface area contributed by atoms with Crippen LogP contribution in [0.1, 0.15) is 23.8 Å². The molecule has 1 aliphatic rings. The molecule has 1 saturated heterocycles. The Kier molecular flexibility index (Phi) is 4.78. The molecule has 108 valence electrons. The molecule has 1 aromatic rings. The number of hydrogen-bond donors (Lipinski definition) is 1. The number of amides is 1. The Hall–Kier alpha value is -0.980. The average Bonchev–Trinajstić information content (AvgIpc) is 2.84. The van der Waals surface area contributed by atoms with E-state index in [2.05, 4.69) is 4.98 Å². The number of halogens is 2. The summed E-state index contributed by atoms with van der Waals surface area (Å²) >= 11 is 13.2. The first kappa shape index (κ1) is 15.4. The van der Waals surface area contributed by atoms with Gasteiger partial charge in [0.25, 0.3) is 5.91 Å². The fraction of sp³-hybridized carbons (Fsp3) is 0.417. The zero-order chi connectivity index (χ0) is 14.9. The molecule has 20 heavy (non-hydrogen) atoms. The summed E-state index contributed by atoms with van der Waals surface area (Å²) in [7, 11) is 0. The number of aliphatic carboxylic acids is 1. The minimum Gasteiger partial charge on any atom is -0.480 e. The molecule has 5 nitrogen and oxygen atoms in total. The highest BCUT2D eigenvalue weighted by Crippen LogP contribution is 2.33. The van der Waals surface area contributed by atoms with Crippen molar-refractivity contribution < 1.29 is 14.7 Å². The van der Waals surface area contributed by atoms with E-state index in [0.29, 0.717) is 12.2 Å². The summed E-state index contributed by atoms with van der Waals surface area (Å²) < 4.78 is 0. The Labute approximate surface area is 130 Å². The Morgan fingerprint density at radius 2 is 2.20 bits per heavy atom. The Bertz CT molecular complexity index is 556. The molecular weight excluding hydrogens is 323 g/mol. The molecule has 1 N–H and O–H groups in total. The number of nitrogens with zero attached hydrogens (tertiary/aromatic N) is 2. The fourth-order valence-corrected chi connectivity index (χ4v) is 3.71. The number of thioether (sulfide) groups is 1. The highest BCUT2D eigenvalue weighted by Gasteiger charge is 2.42. The SMILES string of the molecule is CCC1SCC(C(=O)O)N1C(=O)c1nc(Cl)ccc1Cl. The van der Waals surface area contributed by atoms with Gasteiger partial charge in [-0.1, -0.05) is 30.1 Å². The smallest absolute Gasteiger partial charge is 0.327 e. The highest BCUT2D eigenvalue weighted by atomic mass is 35.5. The number of hydrogen-bond acceptors (Lipinski definition) is 4. The molecular formula is C12H12Cl2N2O3S. The van der Waals surface area contributed by atoms with Crippen LogP contribution in [-0.4, -0.2) is 44.0 Å². The van der Waals surface area contributed by atoms with E-state index in [1.54, 1.807) is 0 Å². The molecule has 2 unspecified atom stereocenters. The minimum atomic E-state index is -1.03. The van der Waals surface area contributed by atoms with Crippen LogP contribution < -0.4 is 0 Å². The molecule has 0 aliphatic carbocycles. The maximum absolute atomic E-state index is 12.5. The zero-order valence-corrected chi connectivity index (χ0v) is 12.9. The van der Waals surface area contributed by atoms with E-state index in [1.165, 1.54) is 28.8 Å². The van der Waals surface area contributed by atoms with E-state index in [4.69, 9.17) is 23.2 Å². The normalized spacial score (nSPS) is 22.1. The third-order valence-corrected chi connectivity index (χ3v) is 4.94. The molecule has 0 saturated carbocycles. The van der Waals surface area contributed by atoms with Crippen molar-refractivity contribution in [2.45, 2.75) is 24.8 Å². The Morgan fingerprint density at radius 3 is 2.80 bits per heavy atom. The molecule has 2 rings (SSSR count). The van der Waals surface area contributed by atoms with Crippen LogP contribution in [0.5, 0.6) is 0 Å². The molecule has 2 atom stereocenters. The summed E-state index contributed by atoms with van der Waals surface area (Å²) in [5.41, 5.74) is -0.00799. The van der Waals surface area contributed by atoms with Gasteiger partial charge in [0.15, 0.2) is 0 Å². The van der Waals surface area contributed by atoms with Crippen LogP contribution in [0.15, 0.2) is 12.1 Å². The molecule has 1 fully saturated rings. The van der Waals surface area contributed by atoms with E-state index in [9.17, 15) is 14.7 Å². The minimum absolute atomic E-state index is 0.00799. The van der Waals surface area contributed by atoms with Crippen molar-refractivity contribution in [3.05, 3.63) is 28.0 Å². The summed E-state index contributed by atoms with van der Waals surface area (Å²) in [5, 5.41) is 9.34. The van der Waals surface area contributed by atoms with Crippen LogP contribution in [0.25, 0.3) is 0 Å². The molecule has 0 aromatic carbocycles. The van der Waals surface area contributed by atoms with Crippen LogP contribution in [0.3, 0.4) is 0 Å². The molecule has 0 bridgehead atoms. The van der Waals surface area contributed by atoms with Gasteiger partial charge in [0, 0.05) is 5.75 Å². The lowest BCUT2D eigenvalue weighted by Gasteiger charge is -2.26. The Morgan fingerprint density at radius 1 is 1.50 bits per heavy atom. The van der Waals surface area contributed by atoms with Gasteiger partial charge in [-0.2, -0.15) is 0 Å². The van der Waals surface area contributed by atoms with Gasteiger partial charge in [0.1, 0.15) is 16.9 Å². The zero-order valence-electron chi connectivity index (χ0n) is 10.5. The van der Waals surface area contributed by atoms with Gasteiger partial charge in [-0.15, -0.1) is 11.8 Å². The average molecular weight is 335 g/mol. The number of rotatable bonds is 3. The second kappa shape index (κ2) is 6.20. The summed E-state index contributed by atoms with van der Waals surface area (Å²) in [6.07, 6.45) is 0.651. The first-order chi connectivity index (χ1) is 9.45. The Balaban J connectivity index is 2.38. The fourth-order valence-electron chi connectivity index (χ4n) is 2.03. The summed E-state index contributed by atoms with van der Waals surface area (Å²) in [6, 6.07) is 2.09. The van der Waals surface area contributed by atoms with Gasteiger partial charge in [0.2, 0.25) is 0 Å². The van der Waals surface area contributed by atoms with E-state index in [0.717, 1.165) is 0 Å². The third-order valence-electron chi connectivity index (χ3n) is 2.98. The standard InChI is InChI=1S/C12H12Cl2N2O3S/c1-2-9-16(7(5-20-9)12(18)19)11(17)10-6(13)3-4-8(14)15-10/h3-4,7,9H,2,5H2,1H3,(H,18,19). The van der Waals surface area contributed by atoms with Gasteiger partial charge in [0.05, 0.1) is 10.4 Å². The highest BCUT2D eigenvalue weighted by molar-refractivity contribution is 8.00. The van der Waals surface area contributed by atoms with E-state index < -0.39 is 17.9 Å². The summed E-state index contributed by atoms with van der Waals surface area (Å²) in [6.45, 7) is 1.90. The van der Waals surface area contributed by atoms with Crippen molar-refractivity contribution in [1.29, 1.82) is 0 Å². The van der Waals surface area contributed by atoms with Crippen molar-refractivity contribution in [3.8, 4) is 0 Å². The number of carbonyl (C=O) groups is 2. The second-order valence-electron chi connectivity index (χ2n) is 4.23. The maximum Gasteiger partial charge on any atom is 0.327 e. The quantitative estimate of drug-likeness (QED) is 0.860. The van der Waals surface area contributed by atoms with Crippen LogP contribution in [-0.2, 0) is 4.79 Å². The topological polar surface area (TPSA) is 70.5 Å². The molecule has 1 aromatic heterocycles. The van der Waals surface area contributed by atoms with Crippen molar-refractivity contribution in [1.82, 2.24) is 9.88 Å².